The van der Waals surface area contributed by atoms with E-state index in [2.05, 4.69) is 4.72 Å². The highest BCUT2D eigenvalue weighted by atomic mass is 32.2. The lowest BCUT2D eigenvalue weighted by molar-refractivity contribution is 0.597. The maximum absolute atomic E-state index is 12.4. The molecule has 0 amide bonds. The van der Waals surface area contributed by atoms with Crippen LogP contribution in [0.1, 0.15) is 0 Å². The molecule has 0 aliphatic heterocycles. The Morgan fingerprint density at radius 2 is 1.41 bits per heavy atom. The topological polar surface area (TPSA) is 80.3 Å². The number of sulfone groups is 1. The van der Waals surface area contributed by atoms with Crippen molar-refractivity contribution in [1.29, 1.82) is 0 Å². The van der Waals surface area contributed by atoms with Crippen LogP contribution >= 0.6 is 11.8 Å². The summed E-state index contributed by atoms with van der Waals surface area (Å²) in [6.45, 7) is 0. The van der Waals surface area contributed by atoms with Crippen LogP contribution in [0.5, 0.6) is 0 Å². The summed E-state index contributed by atoms with van der Waals surface area (Å²) in [6.07, 6.45) is 2.93. The Hall–Kier alpha value is -1.51. The first-order valence-electron chi connectivity index (χ1n) is 6.20. The molecule has 0 saturated carbocycles. The third kappa shape index (κ3) is 3.82. The van der Waals surface area contributed by atoms with Crippen molar-refractivity contribution in [2.45, 2.75) is 14.7 Å². The van der Waals surface area contributed by atoms with E-state index >= 15 is 0 Å². The first-order chi connectivity index (χ1) is 10.2. The van der Waals surface area contributed by atoms with Crippen LogP contribution in [0.4, 0.5) is 5.69 Å². The van der Waals surface area contributed by atoms with E-state index in [-0.39, 0.29) is 9.79 Å². The first kappa shape index (κ1) is 16.9. The monoisotopic (exact) mass is 357 g/mol. The van der Waals surface area contributed by atoms with Crippen molar-refractivity contribution in [3.05, 3.63) is 48.5 Å². The second kappa shape index (κ2) is 6.31. The zero-order valence-electron chi connectivity index (χ0n) is 12.0. The van der Waals surface area contributed by atoms with E-state index in [0.29, 0.717) is 5.69 Å². The van der Waals surface area contributed by atoms with Crippen LogP contribution in [0.3, 0.4) is 0 Å². The van der Waals surface area contributed by atoms with E-state index in [9.17, 15) is 16.8 Å². The molecule has 0 aliphatic carbocycles. The smallest absolute Gasteiger partial charge is 0.261 e. The molecule has 2 rings (SSSR count). The summed E-state index contributed by atoms with van der Waals surface area (Å²) in [5.41, 5.74) is 0.488. The van der Waals surface area contributed by atoms with Crippen LogP contribution < -0.4 is 4.72 Å². The normalized spacial score (nSPS) is 12.1. The van der Waals surface area contributed by atoms with Gasteiger partial charge in [0.25, 0.3) is 10.0 Å². The van der Waals surface area contributed by atoms with Gasteiger partial charge < -0.3 is 0 Å². The summed E-state index contributed by atoms with van der Waals surface area (Å²) >= 11 is 1.43. The number of hydrogen-bond acceptors (Lipinski definition) is 5. The fraction of sp³-hybridized carbons (Fsp3) is 0.143. The molecule has 0 aliphatic rings. The highest BCUT2D eigenvalue weighted by molar-refractivity contribution is 7.99. The summed E-state index contributed by atoms with van der Waals surface area (Å²) in [5.74, 6) is 0. The number of benzene rings is 2. The number of thioether (sulfide) groups is 1. The molecule has 0 fully saturated rings. The molecule has 2 aromatic carbocycles. The summed E-state index contributed by atoms with van der Waals surface area (Å²) in [6, 6.07) is 12.2. The predicted molar refractivity (Wildman–Crippen MR) is 88.6 cm³/mol. The Labute approximate surface area is 134 Å². The quantitative estimate of drug-likeness (QED) is 0.832. The van der Waals surface area contributed by atoms with Crippen LogP contribution in [-0.2, 0) is 19.9 Å². The minimum Gasteiger partial charge on any atom is -0.278 e. The molecule has 22 heavy (non-hydrogen) atoms. The second-order valence-corrected chi connectivity index (χ2v) is 9.10. The van der Waals surface area contributed by atoms with Gasteiger partial charge in [-0.25, -0.2) is 16.8 Å². The van der Waals surface area contributed by atoms with Gasteiger partial charge in [-0.1, -0.05) is 12.1 Å². The van der Waals surface area contributed by atoms with Crippen molar-refractivity contribution in [2.24, 2.45) is 0 Å². The van der Waals surface area contributed by atoms with Gasteiger partial charge in [0.2, 0.25) is 0 Å². The molecule has 0 atom stereocenters. The zero-order chi connectivity index (χ0) is 16.4. The van der Waals surface area contributed by atoms with Crippen LogP contribution in [0.2, 0.25) is 0 Å². The van der Waals surface area contributed by atoms with Crippen molar-refractivity contribution in [2.75, 3.05) is 17.2 Å². The van der Waals surface area contributed by atoms with Crippen molar-refractivity contribution in [1.82, 2.24) is 0 Å². The number of rotatable bonds is 5. The van der Waals surface area contributed by atoms with Crippen LogP contribution in [-0.4, -0.2) is 29.3 Å². The molecular weight excluding hydrogens is 342 g/mol. The molecule has 0 unspecified atom stereocenters. The average molecular weight is 357 g/mol. The van der Waals surface area contributed by atoms with Gasteiger partial charge in [0.1, 0.15) is 0 Å². The zero-order valence-corrected chi connectivity index (χ0v) is 14.4. The van der Waals surface area contributed by atoms with Gasteiger partial charge in [0.15, 0.2) is 9.84 Å². The predicted octanol–water partition coefficient (Wildman–Crippen LogP) is 2.61. The maximum atomic E-state index is 12.4. The van der Waals surface area contributed by atoms with Crippen molar-refractivity contribution in [3.63, 3.8) is 0 Å². The minimum atomic E-state index is -3.77. The number of para-hydroxylation sites is 1. The number of hydrogen-bond donors (Lipinski definition) is 1. The molecular formula is C14H15NO4S3. The minimum absolute atomic E-state index is 0.0100. The Morgan fingerprint density at radius 1 is 0.864 bits per heavy atom. The maximum Gasteiger partial charge on any atom is 0.261 e. The summed E-state index contributed by atoms with van der Waals surface area (Å²) < 4.78 is 50.0. The van der Waals surface area contributed by atoms with Crippen molar-refractivity contribution in [3.8, 4) is 0 Å². The molecule has 5 nitrogen and oxygen atoms in total. The van der Waals surface area contributed by atoms with E-state index in [1.807, 2.05) is 18.4 Å². The van der Waals surface area contributed by atoms with Crippen LogP contribution in [0.25, 0.3) is 0 Å². The van der Waals surface area contributed by atoms with Gasteiger partial charge in [-0.15, -0.1) is 11.8 Å². The molecule has 2 aromatic rings. The fourth-order valence-electron chi connectivity index (χ4n) is 1.80. The molecule has 0 radical (unpaired) electrons. The summed E-state index contributed by atoms with van der Waals surface area (Å²) in [4.78, 5) is 0.894. The molecule has 0 saturated heterocycles. The van der Waals surface area contributed by atoms with Crippen molar-refractivity contribution < 1.29 is 16.8 Å². The molecule has 1 N–H and O–H groups in total. The number of anilines is 1. The highest BCUT2D eigenvalue weighted by Crippen LogP contribution is 2.27. The van der Waals surface area contributed by atoms with Crippen LogP contribution in [0.15, 0.2) is 63.2 Å². The molecule has 0 bridgehead atoms. The Bertz CT molecular complexity index is 873. The molecule has 118 valence electrons. The Morgan fingerprint density at radius 3 is 1.95 bits per heavy atom. The summed E-state index contributed by atoms with van der Waals surface area (Å²) in [7, 11) is -7.12. The van der Waals surface area contributed by atoms with Crippen molar-refractivity contribution >= 4 is 37.3 Å². The van der Waals surface area contributed by atoms with Gasteiger partial charge in [0.05, 0.1) is 15.5 Å². The Kier molecular flexibility index (Phi) is 4.84. The SMILES string of the molecule is CSc1ccccc1NS(=O)(=O)c1ccc(S(C)(=O)=O)cc1. The second-order valence-electron chi connectivity index (χ2n) is 4.55. The molecule has 0 spiro atoms. The lowest BCUT2D eigenvalue weighted by Gasteiger charge is -2.11. The van der Waals surface area contributed by atoms with E-state index in [0.717, 1.165) is 11.2 Å². The van der Waals surface area contributed by atoms with Gasteiger partial charge in [-0.05, 0) is 42.7 Å². The molecule has 0 heterocycles. The Balaban J connectivity index is 2.35. The third-order valence-electron chi connectivity index (χ3n) is 2.91. The lowest BCUT2D eigenvalue weighted by atomic mass is 10.3. The van der Waals surface area contributed by atoms with Crippen LogP contribution in [0, 0.1) is 0 Å². The van der Waals surface area contributed by atoms with E-state index in [1.165, 1.54) is 36.0 Å². The summed E-state index contributed by atoms with van der Waals surface area (Å²) in [5, 5.41) is 0. The number of sulfonamides is 1. The lowest BCUT2D eigenvalue weighted by Crippen LogP contribution is -2.13. The number of nitrogens with one attached hydrogen (secondary N) is 1. The van der Waals surface area contributed by atoms with Gasteiger partial charge >= 0.3 is 0 Å². The first-order valence-corrected chi connectivity index (χ1v) is 10.8. The molecule has 8 heteroatoms. The van der Waals surface area contributed by atoms with E-state index < -0.39 is 19.9 Å². The van der Waals surface area contributed by atoms with Gasteiger partial charge in [-0.2, -0.15) is 0 Å². The molecule has 0 aromatic heterocycles. The average Bonchev–Trinajstić information content (AvgIpc) is 2.47. The van der Waals surface area contributed by atoms with E-state index in [4.69, 9.17) is 0 Å². The van der Waals surface area contributed by atoms with Gasteiger partial charge in [0, 0.05) is 11.2 Å². The fourth-order valence-corrected chi connectivity index (χ4v) is 4.13. The van der Waals surface area contributed by atoms with E-state index in [1.54, 1.807) is 12.1 Å². The largest absolute Gasteiger partial charge is 0.278 e. The third-order valence-corrected chi connectivity index (χ3v) is 6.22. The highest BCUT2D eigenvalue weighted by Gasteiger charge is 2.17. The van der Waals surface area contributed by atoms with Gasteiger partial charge in [-0.3, -0.25) is 4.72 Å². The standard InChI is InChI=1S/C14H15NO4S3/c1-20-14-6-4-3-5-13(14)15-22(18,19)12-9-7-11(8-10-12)21(2,16)17/h3-10,15H,1-2H3.